The molecular formula is C10H22N4. The molecule has 0 fully saturated rings. The van der Waals surface area contributed by atoms with Gasteiger partial charge in [0, 0.05) is 41.3 Å². The SMILES string of the molecule is CN(C)C=NCCCCN=CN(C)C. The van der Waals surface area contributed by atoms with Crippen LogP contribution in [0, 0.1) is 0 Å². The molecule has 0 saturated heterocycles. The van der Waals surface area contributed by atoms with E-state index in [9.17, 15) is 0 Å². The van der Waals surface area contributed by atoms with Crippen molar-refractivity contribution in [2.24, 2.45) is 9.98 Å². The zero-order valence-electron chi connectivity index (χ0n) is 9.77. The summed E-state index contributed by atoms with van der Waals surface area (Å²) >= 11 is 0. The number of aliphatic imine (C=N–C) groups is 2. The van der Waals surface area contributed by atoms with E-state index in [1.165, 1.54) is 0 Å². The molecule has 14 heavy (non-hydrogen) atoms. The lowest BCUT2D eigenvalue weighted by atomic mass is 10.3. The molecule has 0 bridgehead atoms. The molecule has 82 valence electrons. The van der Waals surface area contributed by atoms with Gasteiger partial charge < -0.3 is 9.80 Å². The lowest BCUT2D eigenvalue weighted by Crippen LogP contribution is -2.08. The van der Waals surface area contributed by atoms with Gasteiger partial charge >= 0.3 is 0 Å². The first kappa shape index (κ1) is 12.9. The molecule has 0 spiro atoms. The number of hydrogen-bond acceptors (Lipinski definition) is 2. The van der Waals surface area contributed by atoms with Gasteiger partial charge in [0.05, 0.1) is 12.7 Å². The highest BCUT2D eigenvalue weighted by molar-refractivity contribution is 5.54. The van der Waals surface area contributed by atoms with Crippen molar-refractivity contribution in [1.82, 2.24) is 9.80 Å². The Labute approximate surface area is 87.3 Å². The van der Waals surface area contributed by atoms with Crippen molar-refractivity contribution < 1.29 is 0 Å². The van der Waals surface area contributed by atoms with Crippen molar-refractivity contribution in [3.63, 3.8) is 0 Å². The standard InChI is InChI=1S/C10H22N4/c1-13(2)9-11-7-5-6-8-12-10-14(3)4/h9-10H,5-8H2,1-4H3. The maximum atomic E-state index is 4.24. The van der Waals surface area contributed by atoms with Crippen LogP contribution in [-0.2, 0) is 0 Å². The summed E-state index contributed by atoms with van der Waals surface area (Å²) in [5.74, 6) is 0. The van der Waals surface area contributed by atoms with Crippen LogP contribution in [0.2, 0.25) is 0 Å². The minimum absolute atomic E-state index is 0.898. The Morgan fingerprint density at radius 1 is 0.786 bits per heavy atom. The molecule has 0 amide bonds. The lowest BCUT2D eigenvalue weighted by molar-refractivity contribution is 0.630. The summed E-state index contributed by atoms with van der Waals surface area (Å²) < 4.78 is 0. The average molecular weight is 198 g/mol. The third kappa shape index (κ3) is 10.9. The highest BCUT2D eigenvalue weighted by atomic mass is 15.1. The molecule has 0 rings (SSSR count). The lowest BCUT2D eigenvalue weighted by Gasteiger charge is -2.02. The molecule has 4 nitrogen and oxygen atoms in total. The van der Waals surface area contributed by atoms with Gasteiger partial charge in [0.25, 0.3) is 0 Å². The quantitative estimate of drug-likeness (QED) is 0.346. The van der Waals surface area contributed by atoms with Gasteiger partial charge in [-0.1, -0.05) is 0 Å². The molecular weight excluding hydrogens is 176 g/mol. The van der Waals surface area contributed by atoms with Gasteiger partial charge in [-0.2, -0.15) is 0 Å². The molecule has 0 saturated carbocycles. The summed E-state index contributed by atoms with van der Waals surface area (Å²) in [5, 5.41) is 0. The van der Waals surface area contributed by atoms with Crippen LogP contribution in [0.15, 0.2) is 9.98 Å². The van der Waals surface area contributed by atoms with Crippen molar-refractivity contribution in [2.45, 2.75) is 12.8 Å². The largest absolute Gasteiger partial charge is 0.369 e. The van der Waals surface area contributed by atoms with Crippen molar-refractivity contribution in [3.05, 3.63) is 0 Å². The molecule has 0 heterocycles. The van der Waals surface area contributed by atoms with Crippen LogP contribution in [-0.4, -0.2) is 63.8 Å². The first-order chi connectivity index (χ1) is 6.63. The molecule has 0 aliphatic carbocycles. The zero-order chi connectivity index (χ0) is 10.8. The van der Waals surface area contributed by atoms with E-state index in [2.05, 4.69) is 9.98 Å². The summed E-state index contributed by atoms with van der Waals surface area (Å²) in [5.41, 5.74) is 0. The van der Waals surface area contributed by atoms with E-state index >= 15 is 0 Å². The van der Waals surface area contributed by atoms with Crippen LogP contribution in [0.3, 0.4) is 0 Å². The summed E-state index contributed by atoms with van der Waals surface area (Å²) in [4.78, 5) is 12.4. The van der Waals surface area contributed by atoms with E-state index in [1.807, 2.05) is 50.7 Å². The Bertz CT molecular complexity index is 153. The molecule has 0 aliphatic heterocycles. The highest BCUT2D eigenvalue weighted by Gasteiger charge is 1.85. The van der Waals surface area contributed by atoms with E-state index in [0.717, 1.165) is 25.9 Å². The van der Waals surface area contributed by atoms with Crippen molar-refractivity contribution in [3.8, 4) is 0 Å². The number of nitrogens with zero attached hydrogens (tertiary/aromatic N) is 4. The van der Waals surface area contributed by atoms with Crippen molar-refractivity contribution in [2.75, 3.05) is 41.3 Å². The van der Waals surface area contributed by atoms with Gasteiger partial charge in [0.2, 0.25) is 0 Å². The van der Waals surface area contributed by atoms with Crippen molar-refractivity contribution >= 4 is 12.7 Å². The molecule has 0 radical (unpaired) electrons. The molecule has 4 heteroatoms. The Morgan fingerprint density at radius 2 is 1.14 bits per heavy atom. The average Bonchev–Trinajstić information content (AvgIpc) is 2.08. The van der Waals surface area contributed by atoms with Crippen LogP contribution >= 0.6 is 0 Å². The van der Waals surface area contributed by atoms with E-state index in [0.29, 0.717) is 0 Å². The second-order valence-electron chi connectivity index (χ2n) is 3.68. The van der Waals surface area contributed by atoms with E-state index < -0.39 is 0 Å². The Kier molecular flexibility index (Phi) is 7.89. The van der Waals surface area contributed by atoms with Crippen LogP contribution in [0.1, 0.15) is 12.8 Å². The molecule has 0 N–H and O–H groups in total. The zero-order valence-corrected chi connectivity index (χ0v) is 9.77. The summed E-state index contributed by atoms with van der Waals surface area (Å²) in [6.45, 7) is 1.80. The molecule has 0 aliphatic rings. The number of hydrogen-bond donors (Lipinski definition) is 0. The molecule has 0 aromatic rings. The van der Waals surface area contributed by atoms with Gasteiger partial charge in [-0.3, -0.25) is 9.98 Å². The minimum atomic E-state index is 0.898. The Hall–Kier alpha value is -1.06. The normalized spacial score (nSPS) is 11.4. The predicted octanol–water partition coefficient (Wildman–Crippen LogP) is 0.946. The maximum absolute atomic E-state index is 4.24. The van der Waals surface area contributed by atoms with Gasteiger partial charge in [-0.05, 0) is 12.8 Å². The van der Waals surface area contributed by atoms with Crippen LogP contribution in [0.5, 0.6) is 0 Å². The van der Waals surface area contributed by atoms with Crippen molar-refractivity contribution in [1.29, 1.82) is 0 Å². The topological polar surface area (TPSA) is 31.2 Å². The highest BCUT2D eigenvalue weighted by Crippen LogP contribution is 1.89. The third-order valence-electron chi connectivity index (χ3n) is 1.45. The van der Waals surface area contributed by atoms with Gasteiger partial charge in [-0.25, -0.2) is 0 Å². The van der Waals surface area contributed by atoms with Crippen LogP contribution in [0.4, 0.5) is 0 Å². The van der Waals surface area contributed by atoms with E-state index in [-0.39, 0.29) is 0 Å². The monoisotopic (exact) mass is 198 g/mol. The predicted molar refractivity (Wildman–Crippen MR) is 63.3 cm³/mol. The third-order valence-corrected chi connectivity index (χ3v) is 1.45. The molecule has 0 atom stereocenters. The smallest absolute Gasteiger partial charge is 0.0844 e. The first-order valence-corrected chi connectivity index (χ1v) is 4.95. The van der Waals surface area contributed by atoms with Crippen LogP contribution < -0.4 is 0 Å². The first-order valence-electron chi connectivity index (χ1n) is 4.95. The summed E-state index contributed by atoms with van der Waals surface area (Å²) in [6.07, 6.45) is 5.91. The number of unbranched alkanes of at least 4 members (excludes halogenated alkanes) is 1. The number of rotatable bonds is 7. The minimum Gasteiger partial charge on any atom is -0.369 e. The van der Waals surface area contributed by atoms with Gasteiger partial charge in [0.15, 0.2) is 0 Å². The van der Waals surface area contributed by atoms with Gasteiger partial charge in [-0.15, -0.1) is 0 Å². The Morgan fingerprint density at radius 3 is 1.43 bits per heavy atom. The summed E-state index contributed by atoms with van der Waals surface area (Å²) in [7, 11) is 7.91. The fourth-order valence-electron chi connectivity index (χ4n) is 0.848. The van der Waals surface area contributed by atoms with E-state index in [4.69, 9.17) is 0 Å². The fourth-order valence-corrected chi connectivity index (χ4v) is 0.848. The fraction of sp³-hybridized carbons (Fsp3) is 0.800. The second kappa shape index (κ2) is 8.53. The summed E-state index contributed by atoms with van der Waals surface area (Å²) in [6, 6.07) is 0. The maximum Gasteiger partial charge on any atom is 0.0844 e. The van der Waals surface area contributed by atoms with Gasteiger partial charge in [0.1, 0.15) is 0 Å². The Balaban J connectivity index is 3.22. The van der Waals surface area contributed by atoms with E-state index in [1.54, 1.807) is 0 Å². The molecule has 0 aromatic heterocycles. The van der Waals surface area contributed by atoms with Crippen LogP contribution in [0.25, 0.3) is 0 Å². The molecule has 0 unspecified atom stereocenters. The molecule has 0 aromatic carbocycles. The second-order valence-corrected chi connectivity index (χ2v) is 3.68.